The Labute approximate surface area is 229 Å². The Morgan fingerprint density at radius 1 is 1.05 bits per heavy atom. The zero-order valence-corrected chi connectivity index (χ0v) is 23.2. The first-order valence-electron chi connectivity index (χ1n) is 14.0. The number of aromatic amines is 1. The van der Waals surface area contributed by atoms with Crippen LogP contribution in [-0.4, -0.2) is 74.4 Å². The van der Waals surface area contributed by atoms with E-state index in [9.17, 15) is 4.79 Å². The van der Waals surface area contributed by atoms with Crippen LogP contribution in [0.25, 0.3) is 10.9 Å². The summed E-state index contributed by atoms with van der Waals surface area (Å²) in [5.74, 6) is 1.08. The third-order valence-electron chi connectivity index (χ3n) is 7.65. The van der Waals surface area contributed by atoms with Gasteiger partial charge in [0.05, 0.1) is 24.8 Å². The molecule has 1 fully saturated rings. The highest BCUT2D eigenvalue weighted by molar-refractivity contribution is 5.81. The van der Waals surface area contributed by atoms with Crippen LogP contribution in [0.4, 0.5) is 0 Å². The number of rotatable bonds is 11. The fourth-order valence-corrected chi connectivity index (χ4v) is 5.52. The number of H-pyrrole nitrogens is 1. The number of tetrazole rings is 1. The molecule has 9 heteroatoms. The van der Waals surface area contributed by atoms with Gasteiger partial charge in [0.15, 0.2) is 5.82 Å². The van der Waals surface area contributed by atoms with Crippen molar-refractivity contribution in [3.05, 3.63) is 87.5 Å². The van der Waals surface area contributed by atoms with Gasteiger partial charge in [-0.2, -0.15) is 0 Å². The molecule has 1 aliphatic heterocycles. The molecule has 0 saturated carbocycles. The number of fused-ring (bicyclic) bond motifs is 1. The van der Waals surface area contributed by atoms with E-state index in [1.165, 1.54) is 5.56 Å². The maximum atomic E-state index is 13.3. The smallest absolute Gasteiger partial charge is 0.252 e. The Hall–Kier alpha value is -3.40. The number of para-hydroxylation sites is 1. The molecule has 3 heterocycles. The van der Waals surface area contributed by atoms with Crippen LogP contribution in [0.5, 0.6) is 0 Å². The Balaban J connectivity index is 1.45. The average molecular weight is 530 g/mol. The topological polar surface area (TPSA) is 92.2 Å². The largest absolute Gasteiger partial charge is 0.379 e. The minimum absolute atomic E-state index is 0.0423. The van der Waals surface area contributed by atoms with Crippen LogP contribution >= 0.6 is 0 Å². The van der Waals surface area contributed by atoms with Crippen molar-refractivity contribution in [2.75, 3.05) is 39.4 Å². The summed E-state index contributed by atoms with van der Waals surface area (Å²) in [4.78, 5) is 21.2. The molecule has 5 rings (SSSR count). The first kappa shape index (κ1) is 27.2. The summed E-state index contributed by atoms with van der Waals surface area (Å²) >= 11 is 0. The number of hydrogen-bond donors (Lipinski definition) is 1. The highest BCUT2D eigenvalue weighted by Gasteiger charge is 2.30. The van der Waals surface area contributed by atoms with Crippen molar-refractivity contribution in [1.82, 2.24) is 35.0 Å². The van der Waals surface area contributed by atoms with E-state index in [-0.39, 0.29) is 17.5 Å². The second-order valence-electron chi connectivity index (χ2n) is 10.8. The van der Waals surface area contributed by atoms with E-state index >= 15 is 0 Å². The molecule has 0 aliphatic carbocycles. The molecule has 0 spiro atoms. The van der Waals surface area contributed by atoms with Crippen LogP contribution in [0.15, 0.2) is 59.4 Å². The molecule has 2 aromatic carbocycles. The fourth-order valence-electron chi connectivity index (χ4n) is 5.52. The van der Waals surface area contributed by atoms with Crippen molar-refractivity contribution < 1.29 is 4.74 Å². The summed E-state index contributed by atoms with van der Waals surface area (Å²) in [7, 11) is 0. The van der Waals surface area contributed by atoms with E-state index in [2.05, 4.69) is 74.5 Å². The molecule has 206 valence electrons. The second kappa shape index (κ2) is 12.6. The average Bonchev–Trinajstić information content (AvgIpc) is 3.40. The molecule has 0 amide bonds. The lowest BCUT2D eigenvalue weighted by molar-refractivity contribution is 0.0268. The van der Waals surface area contributed by atoms with E-state index in [0.717, 1.165) is 73.7 Å². The summed E-state index contributed by atoms with van der Waals surface area (Å²) in [6.45, 7) is 12.7. The van der Waals surface area contributed by atoms with Gasteiger partial charge < -0.3 is 9.72 Å². The van der Waals surface area contributed by atoms with E-state index in [1.54, 1.807) is 0 Å². The van der Waals surface area contributed by atoms with Gasteiger partial charge in [-0.25, -0.2) is 4.68 Å². The molecule has 0 radical (unpaired) electrons. The van der Waals surface area contributed by atoms with Crippen LogP contribution in [0.1, 0.15) is 42.4 Å². The predicted molar refractivity (Wildman–Crippen MR) is 153 cm³/mol. The van der Waals surface area contributed by atoms with Gasteiger partial charge in [-0.1, -0.05) is 62.4 Å². The summed E-state index contributed by atoms with van der Waals surface area (Å²) in [5.41, 5.74) is 3.93. The highest BCUT2D eigenvalue weighted by atomic mass is 16.5. The lowest BCUT2D eigenvalue weighted by atomic mass is 10.00. The van der Waals surface area contributed by atoms with Crippen molar-refractivity contribution in [2.45, 2.75) is 46.3 Å². The maximum absolute atomic E-state index is 13.3. The van der Waals surface area contributed by atoms with E-state index < -0.39 is 0 Å². The number of hydrogen-bond acceptors (Lipinski definition) is 7. The number of benzene rings is 2. The molecular weight excluding hydrogens is 490 g/mol. The molecule has 0 bridgehead atoms. The van der Waals surface area contributed by atoms with Crippen LogP contribution in [0, 0.1) is 12.8 Å². The zero-order valence-electron chi connectivity index (χ0n) is 23.2. The summed E-state index contributed by atoms with van der Waals surface area (Å²) < 4.78 is 7.50. The van der Waals surface area contributed by atoms with Crippen LogP contribution in [0.2, 0.25) is 0 Å². The Bertz CT molecular complexity index is 1410. The molecule has 1 saturated heterocycles. The van der Waals surface area contributed by atoms with Gasteiger partial charge in [0.2, 0.25) is 0 Å². The molecular formula is C30H39N7O2. The number of ether oxygens (including phenoxy) is 1. The summed E-state index contributed by atoms with van der Waals surface area (Å²) in [5, 5.41) is 14.0. The highest BCUT2D eigenvalue weighted by Crippen LogP contribution is 2.29. The van der Waals surface area contributed by atoms with Gasteiger partial charge in [0.25, 0.3) is 5.56 Å². The van der Waals surface area contributed by atoms with Gasteiger partial charge >= 0.3 is 0 Å². The number of pyridine rings is 1. The van der Waals surface area contributed by atoms with Crippen LogP contribution in [-0.2, 0) is 24.2 Å². The third-order valence-corrected chi connectivity index (χ3v) is 7.65. The normalized spacial score (nSPS) is 15.4. The molecule has 39 heavy (non-hydrogen) atoms. The van der Waals surface area contributed by atoms with Gasteiger partial charge in [0, 0.05) is 44.8 Å². The van der Waals surface area contributed by atoms with E-state index in [0.29, 0.717) is 13.1 Å². The van der Waals surface area contributed by atoms with Crippen molar-refractivity contribution in [3.63, 3.8) is 0 Å². The van der Waals surface area contributed by atoms with Crippen molar-refractivity contribution >= 4 is 10.9 Å². The van der Waals surface area contributed by atoms with Gasteiger partial charge in [-0.05, 0) is 52.3 Å². The summed E-state index contributed by atoms with van der Waals surface area (Å²) in [6.07, 6.45) is 0.848. The van der Waals surface area contributed by atoms with Crippen LogP contribution < -0.4 is 5.56 Å². The standard InChI is InChI=1S/C30H39N7O2/c1-22(2)28(29-32-33-34-37(29)13-12-24-9-5-4-6-10-24)36(15-14-35-16-18-39-19-17-35)21-26-20-25-11-7-8-23(3)27(25)31-30(26)38/h4-11,20,22,28H,12-19,21H2,1-3H3,(H,31,38). The molecule has 1 atom stereocenters. The Kier molecular flexibility index (Phi) is 8.81. The number of nitrogens with zero attached hydrogens (tertiary/aromatic N) is 6. The van der Waals surface area contributed by atoms with Crippen LogP contribution in [0.3, 0.4) is 0 Å². The van der Waals surface area contributed by atoms with Crippen molar-refractivity contribution in [1.29, 1.82) is 0 Å². The Morgan fingerprint density at radius 3 is 2.62 bits per heavy atom. The van der Waals surface area contributed by atoms with E-state index in [4.69, 9.17) is 4.74 Å². The fraction of sp³-hybridized carbons (Fsp3) is 0.467. The minimum Gasteiger partial charge on any atom is -0.379 e. The lowest BCUT2D eigenvalue weighted by Gasteiger charge is -2.36. The molecule has 1 N–H and O–H groups in total. The number of aromatic nitrogens is 5. The van der Waals surface area contributed by atoms with Crippen molar-refractivity contribution in [3.8, 4) is 0 Å². The quantitative estimate of drug-likeness (QED) is 0.317. The Morgan fingerprint density at radius 2 is 1.85 bits per heavy atom. The molecule has 9 nitrogen and oxygen atoms in total. The molecule has 2 aromatic heterocycles. The van der Waals surface area contributed by atoms with Gasteiger partial charge in [0.1, 0.15) is 0 Å². The maximum Gasteiger partial charge on any atom is 0.252 e. The molecule has 1 aliphatic rings. The number of aryl methyl sites for hydroxylation is 3. The number of nitrogens with one attached hydrogen (secondary N) is 1. The van der Waals surface area contributed by atoms with Gasteiger partial charge in [-0.15, -0.1) is 5.10 Å². The minimum atomic E-state index is -0.0515. The SMILES string of the molecule is Cc1cccc2cc(CN(CCN3CCOCC3)C(c3nnnn3CCc3ccccc3)C(C)C)c(=O)[nH]c12. The van der Waals surface area contributed by atoms with Gasteiger partial charge in [-0.3, -0.25) is 14.6 Å². The second-order valence-corrected chi connectivity index (χ2v) is 10.8. The lowest BCUT2D eigenvalue weighted by Crippen LogP contribution is -2.44. The van der Waals surface area contributed by atoms with Crippen molar-refractivity contribution in [2.24, 2.45) is 5.92 Å². The monoisotopic (exact) mass is 529 g/mol. The van der Waals surface area contributed by atoms with E-state index in [1.807, 2.05) is 35.9 Å². The zero-order chi connectivity index (χ0) is 27.2. The molecule has 4 aromatic rings. The predicted octanol–water partition coefficient (Wildman–Crippen LogP) is 3.60. The first-order chi connectivity index (χ1) is 19.0. The summed E-state index contributed by atoms with van der Waals surface area (Å²) in [6, 6.07) is 18.5. The third kappa shape index (κ3) is 6.61. The first-order valence-corrected chi connectivity index (χ1v) is 14.0. The molecule has 1 unspecified atom stereocenters. The number of morpholine rings is 1.